The van der Waals surface area contributed by atoms with Crippen LogP contribution in [0.5, 0.6) is 0 Å². The minimum atomic E-state index is 0.0216. The molecular formula is C20H23N3O2S. The van der Waals surface area contributed by atoms with Gasteiger partial charge in [-0.05, 0) is 37.3 Å². The van der Waals surface area contributed by atoms with Crippen LogP contribution in [0, 0.1) is 6.92 Å². The van der Waals surface area contributed by atoms with Crippen LogP contribution in [-0.4, -0.2) is 33.4 Å². The molecule has 3 heterocycles. The highest BCUT2D eigenvalue weighted by atomic mass is 32.1. The van der Waals surface area contributed by atoms with E-state index in [2.05, 4.69) is 29.4 Å². The lowest BCUT2D eigenvalue weighted by Gasteiger charge is -2.32. The maximum Gasteiger partial charge on any atom is 0.307 e. The minimum Gasteiger partial charge on any atom is -0.361 e. The van der Waals surface area contributed by atoms with E-state index >= 15 is 0 Å². The summed E-state index contributed by atoms with van der Waals surface area (Å²) in [4.78, 5) is 29.6. The zero-order valence-corrected chi connectivity index (χ0v) is 15.7. The Hall–Kier alpha value is -2.34. The molecule has 0 radical (unpaired) electrons. The van der Waals surface area contributed by atoms with Crippen molar-refractivity contribution >= 4 is 28.1 Å². The van der Waals surface area contributed by atoms with Crippen LogP contribution in [0.3, 0.4) is 0 Å². The molecule has 5 nitrogen and oxygen atoms in total. The van der Waals surface area contributed by atoms with E-state index in [1.165, 1.54) is 27.8 Å². The molecule has 6 heteroatoms. The van der Waals surface area contributed by atoms with Gasteiger partial charge >= 0.3 is 4.87 Å². The van der Waals surface area contributed by atoms with Gasteiger partial charge in [-0.2, -0.15) is 0 Å². The van der Waals surface area contributed by atoms with Crippen LogP contribution in [0.15, 0.2) is 40.6 Å². The van der Waals surface area contributed by atoms with Gasteiger partial charge in [0.15, 0.2) is 0 Å². The number of aromatic nitrogens is 2. The van der Waals surface area contributed by atoms with E-state index < -0.39 is 0 Å². The molecule has 0 saturated carbocycles. The molecular weight excluding hydrogens is 346 g/mol. The van der Waals surface area contributed by atoms with Gasteiger partial charge in [0, 0.05) is 54.2 Å². The number of aryl methyl sites for hydroxylation is 1. The largest absolute Gasteiger partial charge is 0.361 e. The van der Waals surface area contributed by atoms with E-state index in [-0.39, 0.29) is 10.8 Å². The monoisotopic (exact) mass is 369 g/mol. The van der Waals surface area contributed by atoms with Crippen LogP contribution in [0.1, 0.15) is 36.4 Å². The highest BCUT2D eigenvalue weighted by Crippen LogP contribution is 2.33. The van der Waals surface area contributed by atoms with Crippen LogP contribution >= 0.6 is 11.3 Å². The SMILES string of the molecule is Cc1csc(=O)n1CCC(=O)N1CCC(c2c[nH]c3ccccc23)CC1. The number of para-hydroxylation sites is 1. The number of benzene rings is 1. The standard InChI is InChI=1S/C20H23N3O2S/c1-14-13-26-20(25)23(14)11-8-19(24)22-9-6-15(7-10-22)17-12-21-18-5-3-2-4-16(17)18/h2-5,12-13,15,21H,6-11H2,1H3. The second kappa shape index (κ2) is 7.11. The molecule has 0 bridgehead atoms. The number of aromatic amines is 1. The van der Waals surface area contributed by atoms with Gasteiger partial charge in [0.05, 0.1) is 0 Å². The summed E-state index contributed by atoms with van der Waals surface area (Å²) in [5, 5.41) is 3.14. The van der Waals surface area contributed by atoms with E-state index in [4.69, 9.17) is 0 Å². The number of carbonyl (C=O) groups is 1. The molecule has 1 aliphatic rings. The quantitative estimate of drug-likeness (QED) is 0.765. The zero-order valence-electron chi connectivity index (χ0n) is 14.9. The third kappa shape index (κ3) is 3.21. The molecule has 0 spiro atoms. The summed E-state index contributed by atoms with van der Waals surface area (Å²) >= 11 is 1.20. The molecule has 0 atom stereocenters. The first-order chi connectivity index (χ1) is 12.6. The number of hydrogen-bond acceptors (Lipinski definition) is 3. The van der Waals surface area contributed by atoms with Crippen molar-refractivity contribution in [2.45, 2.75) is 38.6 Å². The average Bonchev–Trinajstić information content (AvgIpc) is 3.23. The van der Waals surface area contributed by atoms with Gasteiger partial charge in [0.1, 0.15) is 0 Å². The number of H-pyrrole nitrogens is 1. The lowest BCUT2D eigenvalue weighted by molar-refractivity contribution is -0.132. The molecule has 0 unspecified atom stereocenters. The van der Waals surface area contributed by atoms with E-state index in [9.17, 15) is 9.59 Å². The zero-order chi connectivity index (χ0) is 18.1. The van der Waals surface area contributed by atoms with Gasteiger partial charge in [-0.15, -0.1) is 0 Å². The van der Waals surface area contributed by atoms with Gasteiger partial charge in [-0.25, -0.2) is 0 Å². The molecule has 1 amide bonds. The van der Waals surface area contributed by atoms with Crippen molar-refractivity contribution < 1.29 is 4.79 Å². The number of likely N-dealkylation sites (tertiary alicyclic amines) is 1. The van der Waals surface area contributed by atoms with E-state index in [0.29, 0.717) is 18.9 Å². The molecule has 2 aromatic heterocycles. The number of fused-ring (bicyclic) bond motifs is 1. The van der Waals surface area contributed by atoms with Crippen LogP contribution < -0.4 is 4.87 Å². The molecule has 0 aliphatic carbocycles. The Kier molecular flexibility index (Phi) is 4.68. The van der Waals surface area contributed by atoms with E-state index in [0.717, 1.165) is 31.6 Å². The summed E-state index contributed by atoms with van der Waals surface area (Å²) < 4.78 is 1.70. The Labute approximate surface area is 156 Å². The Balaban J connectivity index is 1.36. The van der Waals surface area contributed by atoms with Gasteiger partial charge in [0.2, 0.25) is 5.91 Å². The fourth-order valence-corrected chi connectivity index (χ4v) is 4.67. The lowest BCUT2D eigenvalue weighted by atomic mass is 9.89. The number of nitrogens with one attached hydrogen (secondary N) is 1. The summed E-state index contributed by atoms with van der Waals surface area (Å²) in [6, 6.07) is 8.39. The number of amides is 1. The number of nitrogens with zero attached hydrogens (tertiary/aromatic N) is 2. The van der Waals surface area contributed by atoms with Crippen molar-refractivity contribution in [2.75, 3.05) is 13.1 Å². The number of carbonyl (C=O) groups excluding carboxylic acids is 1. The van der Waals surface area contributed by atoms with E-state index in [1.54, 1.807) is 4.57 Å². The predicted molar refractivity (Wildman–Crippen MR) is 105 cm³/mol. The first-order valence-electron chi connectivity index (χ1n) is 9.12. The molecule has 4 rings (SSSR count). The van der Waals surface area contributed by atoms with Crippen LogP contribution in [0.2, 0.25) is 0 Å². The number of rotatable bonds is 4. The molecule has 1 fully saturated rings. The first kappa shape index (κ1) is 17.1. The Morgan fingerprint density at radius 2 is 2.04 bits per heavy atom. The van der Waals surface area contributed by atoms with Gasteiger partial charge in [-0.1, -0.05) is 29.5 Å². The van der Waals surface area contributed by atoms with Crippen molar-refractivity contribution in [3.8, 4) is 0 Å². The Bertz CT molecular complexity index is 976. The summed E-state index contributed by atoms with van der Waals surface area (Å²) in [7, 11) is 0. The molecule has 136 valence electrons. The van der Waals surface area contributed by atoms with Gasteiger partial charge < -0.3 is 14.5 Å². The molecule has 3 aromatic rings. The highest BCUT2D eigenvalue weighted by molar-refractivity contribution is 7.07. The summed E-state index contributed by atoms with van der Waals surface area (Å²) in [5.41, 5.74) is 3.48. The Morgan fingerprint density at radius 1 is 1.27 bits per heavy atom. The fourth-order valence-electron chi connectivity index (χ4n) is 3.91. The number of thiazole rings is 1. The third-order valence-electron chi connectivity index (χ3n) is 5.43. The maximum atomic E-state index is 12.5. The Morgan fingerprint density at radius 3 is 2.77 bits per heavy atom. The smallest absolute Gasteiger partial charge is 0.307 e. The molecule has 1 N–H and O–H groups in total. The van der Waals surface area contributed by atoms with Crippen LogP contribution in [0.4, 0.5) is 0 Å². The average molecular weight is 369 g/mol. The highest BCUT2D eigenvalue weighted by Gasteiger charge is 2.25. The number of hydrogen-bond donors (Lipinski definition) is 1. The van der Waals surface area contributed by atoms with Crippen molar-refractivity contribution in [1.82, 2.24) is 14.5 Å². The summed E-state index contributed by atoms with van der Waals surface area (Å²) in [6.07, 6.45) is 4.50. The lowest BCUT2D eigenvalue weighted by Crippen LogP contribution is -2.38. The van der Waals surface area contributed by atoms with Crippen molar-refractivity contribution in [1.29, 1.82) is 0 Å². The third-order valence-corrected chi connectivity index (χ3v) is 6.32. The first-order valence-corrected chi connectivity index (χ1v) is 10.00. The molecule has 26 heavy (non-hydrogen) atoms. The van der Waals surface area contributed by atoms with Gasteiger partial charge in [0.25, 0.3) is 0 Å². The van der Waals surface area contributed by atoms with Crippen LogP contribution in [-0.2, 0) is 11.3 Å². The maximum absolute atomic E-state index is 12.5. The molecule has 1 saturated heterocycles. The minimum absolute atomic E-state index is 0.0216. The molecule has 1 aliphatic heterocycles. The van der Waals surface area contributed by atoms with Crippen molar-refractivity contribution in [3.63, 3.8) is 0 Å². The van der Waals surface area contributed by atoms with Crippen LogP contribution in [0.25, 0.3) is 10.9 Å². The fraction of sp³-hybridized carbons (Fsp3) is 0.400. The van der Waals surface area contributed by atoms with Crippen molar-refractivity contribution in [2.24, 2.45) is 0 Å². The normalized spacial score (nSPS) is 15.7. The van der Waals surface area contributed by atoms with E-state index in [1.807, 2.05) is 23.3 Å². The predicted octanol–water partition coefficient (Wildman–Crippen LogP) is 3.50. The topological polar surface area (TPSA) is 58.1 Å². The van der Waals surface area contributed by atoms with Crippen molar-refractivity contribution in [3.05, 3.63) is 56.8 Å². The summed E-state index contributed by atoms with van der Waals surface area (Å²) in [5.74, 6) is 0.650. The summed E-state index contributed by atoms with van der Waals surface area (Å²) in [6.45, 7) is 3.98. The second-order valence-electron chi connectivity index (χ2n) is 6.99. The number of piperidine rings is 1. The second-order valence-corrected chi connectivity index (χ2v) is 7.81. The van der Waals surface area contributed by atoms with Gasteiger partial charge in [-0.3, -0.25) is 9.59 Å². The molecule has 1 aromatic carbocycles.